The fourth-order valence-corrected chi connectivity index (χ4v) is 3.73. The molecule has 2 aliphatic rings. The second-order valence-electron chi connectivity index (χ2n) is 7.20. The molecule has 1 unspecified atom stereocenters. The molecule has 2 amide bonds. The Morgan fingerprint density at radius 2 is 2.04 bits per heavy atom. The second-order valence-corrected chi connectivity index (χ2v) is 7.20. The number of hydrogen-bond acceptors (Lipinski definition) is 4. The average Bonchev–Trinajstić information content (AvgIpc) is 2.69. The number of likely N-dealkylation sites (tertiary alicyclic amines) is 1. The largest absolute Gasteiger partial charge is 0.369 e. The molecule has 0 spiro atoms. The van der Waals surface area contributed by atoms with E-state index in [9.17, 15) is 14.0 Å². The molecule has 2 saturated heterocycles. The van der Waals surface area contributed by atoms with E-state index >= 15 is 0 Å². The van der Waals surface area contributed by atoms with Crippen LogP contribution in [0, 0.1) is 5.82 Å². The molecule has 8 heteroatoms. The minimum absolute atomic E-state index is 0.0981. The lowest BCUT2D eigenvalue weighted by atomic mass is 10.0. The number of guanidine groups is 1. The smallest absolute Gasteiger partial charge is 0.229 e. The van der Waals surface area contributed by atoms with E-state index < -0.39 is 0 Å². The summed E-state index contributed by atoms with van der Waals surface area (Å²) in [6.07, 6.45) is 3.53. The number of hydrogen-bond donors (Lipinski definition) is 2. The fourth-order valence-electron chi connectivity index (χ4n) is 3.73. The van der Waals surface area contributed by atoms with Crippen LogP contribution >= 0.6 is 0 Å². The van der Waals surface area contributed by atoms with E-state index in [1.54, 1.807) is 19.2 Å². The monoisotopic (exact) mass is 389 g/mol. The zero-order valence-corrected chi connectivity index (χ0v) is 16.3. The summed E-state index contributed by atoms with van der Waals surface area (Å²) in [5, 5.41) is 6.58. The fraction of sp³-hybridized carbons (Fsp3) is 0.550. The number of anilines is 1. The summed E-state index contributed by atoms with van der Waals surface area (Å²) in [6.45, 7) is 2.45. The van der Waals surface area contributed by atoms with Crippen LogP contribution in [0.4, 0.5) is 10.1 Å². The van der Waals surface area contributed by atoms with E-state index in [0.29, 0.717) is 38.3 Å². The number of nitrogens with zero attached hydrogens (tertiary/aromatic N) is 3. The number of benzene rings is 1. The summed E-state index contributed by atoms with van der Waals surface area (Å²) in [6, 6.07) is 6.84. The van der Waals surface area contributed by atoms with Crippen LogP contribution in [0.25, 0.3) is 0 Å². The van der Waals surface area contributed by atoms with E-state index in [1.807, 2.05) is 6.07 Å². The number of carbonyl (C=O) groups is 2. The molecule has 2 aliphatic heterocycles. The van der Waals surface area contributed by atoms with Crippen LogP contribution in [-0.2, 0) is 9.59 Å². The van der Waals surface area contributed by atoms with Crippen molar-refractivity contribution in [3.63, 3.8) is 0 Å². The second kappa shape index (κ2) is 9.52. The van der Waals surface area contributed by atoms with Gasteiger partial charge in [-0.25, -0.2) is 4.39 Å². The van der Waals surface area contributed by atoms with Gasteiger partial charge in [0.25, 0.3) is 0 Å². The molecule has 2 fully saturated rings. The Bertz CT molecular complexity index is 723. The molecule has 2 heterocycles. The zero-order valence-electron chi connectivity index (χ0n) is 16.3. The van der Waals surface area contributed by atoms with Crippen molar-refractivity contribution in [3.8, 4) is 0 Å². The van der Waals surface area contributed by atoms with Crippen molar-refractivity contribution in [1.82, 2.24) is 15.5 Å². The average molecular weight is 389 g/mol. The molecule has 1 atom stereocenters. The van der Waals surface area contributed by atoms with Crippen LogP contribution in [0.15, 0.2) is 29.3 Å². The van der Waals surface area contributed by atoms with Gasteiger partial charge in [0.1, 0.15) is 5.82 Å². The molecule has 152 valence electrons. The van der Waals surface area contributed by atoms with E-state index in [2.05, 4.69) is 20.5 Å². The Labute approximate surface area is 165 Å². The minimum atomic E-state index is -0.230. The molecule has 7 nitrogen and oxygen atoms in total. The Morgan fingerprint density at radius 3 is 2.75 bits per heavy atom. The molecule has 2 N–H and O–H groups in total. The van der Waals surface area contributed by atoms with E-state index in [-0.39, 0.29) is 23.7 Å². The van der Waals surface area contributed by atoms with Crippen LogP contribution in [0.1, 0.15) is 32.1 Å². The van der Waals surface area contributed by atoms with Gasteiger partial charge in [-0.2, -0.15) is 0 Å². The van der Waals surface area contributed by atoms with Gasteiger partial charge < -0.3 is 15.5 Å². The van der Waals surface area contributed by atoms with Gasteiger partial charge in [-0.1, -0.05) is 6.07 Å². The van der Waals surface area contributed by atoms with Crippen molar-refractivity contribution in [2.24, 2.45) is 4.99 Å². The van der Waals surface area contributed by atoms with Crippen LogP contribution in [0.3, 0.4) is 0 Å². The predicted octanol–water partition coefficient (Wildman–Crippen LogP) is 1.50. The molecule has 1 aromatic rings. The number of imide groups is 1. The third kappa shape index (κ3) is 5.21. The quantitative estimate of drug-likeness (QED) is 0.453. The van der Waals surface area contributed by atoms with Crippen LogP contribution in [0.5, 0.6) is 0 Å². The van der Waals surface area contributed by atoms with Gasteiger partial charge in [-0.15, -0.1) is 0 Å². The van der Waals surface area contributed by atoms with Gasteiger partial charge in [-0.3, -0.25) is 19.5 Å². The van der Waals surface area contributed by atoms with E-state index in [4.69, 9.17) is 0 Å². The molecule has 0 radical (unpaired) electrons. The number of halogens is 1. The summed E-state index contributed by atoms with van der Waals surface area (Å²) in [4.78, 5) is 31.5. The Kier molecular flexibility index (Phi) is 6.84. The lowest BCUT2D eigenvalue weighted by Gasteiger charge is -2.35. The highest BCUT2D eigenvalue weighted by Crippen LogP contribution is 2.20. The van der Waals surface area contributed by atoms with Crippen molar-refractivity contribution >= 4 is 23.5 Å². The van der Waals surface area contributed by atoms with Crippen molar-refractivity contribution in [3.05, 3.63) is 30.1 Å². The van der Waals surface area contributed by atoms with Crippen molar-refractivity contribution in [2.45, 2.75) is 38.1 Å². The molecule has 1 aromatic carbocycles. The lowest BCUT2D eigenvalue weighted by Crippen LogP contribution is -2.52. The van der Waals surface area contributed by atoms with E-state index in [1.165, 1.54) is 11.0 Å². The highest BCUT2D eigenvalue weighted by atomic mass is 19.1. The first-order valence-corrected chi connectivity index (χ1v) is 9.87. The maximum absolute atomic E-state index is 13.5. The SMILES string of the molecule is CN=C(NCCN1C(=O)CCCC1=O)NC1CCCN(c2cccc(F)c2)C1. The number of piperidine rings is 2. The first-order valence-electron chi connectivity index (χ1n) is 9.87. The van der Waals surface area contributed by atoms with Gasteiger partial charge in [0.05, 0.1) is 0 Å². The third-order valence-corrected chi connectivity index (χ3v) is 5.17. The molecular formula is C20H28FN5O2. The summed E-state index contributed by atoms with van der Waals surface area (Å²) in [7, 11) is 1.69. The minimum Gasteiger partial charge on any atom is -0.369 e. The highest BCUT2D eigenvalue weighted by molar-refractivity contribution is 5.97. The van der Waals surface area contributed by atoms with Crippen LogP contribution < -0.4 is 15.5 Å². The number of rotatable bonds is 5. The number of carbonyl (C=O) groups excluding carboxylic acids is 2. The standard InChI is InChI=1S/C20H28FN5O2/c1-22-20(23-10-12-26-18(27)8-3-9-19(26)28)24-16-6-4-11-25(14-16)17-7-2-5-15(21)13-17/h2,5,7,13,16H,3-4,6,8-12,14H2,1H3,(H2,22,23,24). The Morgan fingerprint density at radius 1 is 1.25 bits per heavy atom. The number of amides is 2. The predicted molar refractivity (Wildman–Crippen MR) is 107 cm³/mol. The maximum atomic E-state index is 13.5. The summed E-state index contributed by atoms with van der Waals surface area (Å²) >= 11 is 0. The van der Waals surface area contributed by atoms with Crippen molar-refractivity contribution in [2.75, 3.05) is 38.1 Å². The Balaban J connectivity index is 1.48. The maximum Gasteiger partial charge on any atom is 0.229 e. The van der Waals surface area contributed by atoms with Gasteiger partial charge >= 0.3 is 0 Å². The molecule has 28 heavy (non-hydrogen) atoms. The van der Waals surface area contributed by atoms with Crippen LogP contribution in [0.2, 0.25) is 0 Å². The lowest BCUT2D eigenvalue weighted by molar-refractivity contribution is -0.147. The van der Waals surface area contributed by atoms with E-state index in [0.717, 1.165) is 31.6 Å². The Hall–Kier alpha value is -2.64. The van der Waals surface area contributed by atoms with Gasteiger partial charge in [0.15, 0.2) is 5.96 Å². The molecule has 3 rings (SSSR count). The van der Waals surface area contributed by atoms with Crippen LogP contribution in [-0.4, -0.2) is 61.9 Å². The van der Waals surface area contributed by atoms with Crippen molar-refractivity contribution in [1.29, 1.82) is 0 Å². The molecule has 0 bridgehead atoms. The normalized spacial score (nSPS) is 21.1. The number of nitrogens with one attached hydrogen (secondary N) is 2. The molecule has 0 aliphatic carbocycles. The number of aliphatic imine (C=N–C) groups is 1. The summed E-state index contributed by atoms with van der Waals surface area (Å²) < 4.78 is 13.5. The summed E-state index contributed by atoms with van der Waals surface area (Å²) in [5.41, 5.74) is 0.886. The first kappa shape index (κ1) is 20.1. The first-order chi connectivity index (χ1) is 13.6. The third-order valence-electron chi connectivity index (χ3n) is 5.17. The topological polar surface area (TPSA) is 77.0 Å². The molecular weight excluding hydrogens is 361 g/mol. The van der Waals surface area contributed by atoms with Crippen molar-refractivity contribution < 1.29 is 14.0 Å². The highest BCUT2D eigenvalue weighted by Gasteiger charge is 2.25. The molecule has 0 aromatic heterocycles. The van der Waals surface area contributed by atoms with Gasteiger partial charge in [-0.05, 0) is 37.5 Å². The molecule has 0 saturated carbocycles. The van der Waals surface area contributed by atoms with Gasteiger partial charge in [0.2, 0.25) is 11.8 Å². The summed E-state index contributed by atoms with van der Waals surface area (Å²) in [5.74, 6) is 0.216. The van der Waals surface area contributed by atoms with Gasteiger partial charge in [0, 0.05) is 57.8 Å². The zero-order chi connectivity index (χ0) is 19.9.